The molecule has 0 radical (unpaired) electrons. The van der Waals surface area contributed by atoms with Crippen LogP contribution >= 0.6 is 0 Å². The van der Waals surface area contributed by atoms with Crippen LogP contribution < -0.4 is 5.32 Å². The molecule has 1 N–H and O–H groups in total. The summed E-state index contributed by atoms with van der Waals surface area (Å²) < 4.78 is 7.44. The third-order valence-corrected chi connectivity index (χ3v) is 3.94. The zero-order valence-electron chi connectivity index (χ0n) is 12.3. The second-order valence-corrected chi connectivity index (χ2v) is 5.69. The van der Waals surface area contributed by atoms with Gasteiger partial charge >= 0.3 is 0 Å². The van der Waals surface area contributed by atoms with Crippen LogP contribution in [0.3, 0.4) is 0 Å². The fraction of sp³-hybridized carbons (Fsp3) is 0.500. The number of hydrogen-bond acceptors (Lipinski definition) is 3. The monoisotopic (exact) mass is 287 g/mol. The van der Waals surface area contributed by atoms with Crippen molar-refractivity contribution in [2.24, 2.45) is 5.92 Å². The number of carbonyl (C=O) groups excluding carboxylic acids is 1. The molecular weight excluding hydrogens is 266 g/mol. The van der Waals surface area contributed by atoms with Gasteiger partial charge in [0, 0.05) is 31.5 Å². The van der Waals surface area contributed by atoms with E-state index in [9.17, 15) is 4.79 Å². The molecule has 2 aromatic heterocycles. The third-order valence-electron chi connectivity index (χ3n) is 3.94. The molecule has 1 fully saturated rings. The first-order valence-corrected chi connectivity index (χ1v) is 7.50. The van der Waals surface area contributed by atoms with Gasteiger partial charge in [0.15, 0.2) is 0 Å². The Morgan fingerprint density at radius 2 is 2.43 bits per heavy atom. The molecule has 5 nitrogen and oxygen atoms in total. The van der Waals surface area contributed by atoms with E-state index in [1.807, 2.05) is 35.7 Å². The Balaban J connectivity index is 1.55. The summed E-state index contributed by atoms with van der Waals surface area (Å²) in [5.41, 5.74) is 2.94. The molecule has 0 bridgehead atoms. The zero-order chi connectivity index (χ0) is 14.7. The van der Waals surface area contributed by atoms with Crippen molar-refractivity contribution >= 4 is 11.6 Å². The van der Waals surface area contributed by atoms with Gasteiger partial charge in [-0.05, 0) is 37.8 Å². The van der Waals surface area contributed by atoms with Crippen molar-refractivity contribution in [1.82, 2.24) is 14.7 Å². The van der Waals surface area contributed by atoms with Crippen LogP contribution in [0, 0.1) is 12.8 Å². The summed E-state index contributed by atoms with van der Waals surface area (Å²) in [6.45, 7) is 4.06. The number of fused-ring (bicyclic) bond motifs is 1. The van der Waals surface area contributed by atoms with Crippen LogP contribution in [0.15, 0.2) is 24.4 Å². The summed E-state index contributed by atoms with van der Waals surface area (Å²) in [6, 6.07) is 6.00. The number of nitrogens with one attached hydrogen (secondary N) is 1. The van der Waals surface area contributed by atoms with E-state index in [0.717, 1.165) is 36.5 Å². The number of amides is 1. The molecule has 1 amide bonds. The van der Waals surface area contributed by atoms with Gasteiger partial charge in [0.1, 0.15) is 5.65 Å². The summed E-state index contributed by atoms with van der Waals surface area (Å²) in [4.78, 5) is 16.5. The van der Waals surface area contributed by atoms with Crippen LogP contribution in [0.5, 0.6) is 0 Å². The second kappa shape index (κ2) is 6.26. The van der Waals surface area contributed by atoms with Crippen LogP contribution in [0.2, 0.25) is 0 Å². The predicted octanol–water partition coefficient (Wildman–Crippen LogP) is 2.08. The first-order valence-electron chi connectivity index (χ1n) is 7.50. The molecule has 3 heterocycles. The number of aryl methyl sites for hydroxylation is 1. The lowest BCUT2D eigenvalue weighted by Gasteiger charge is -2.21. The Labute approximate surface area is 124 Å². The van der Waals surface area contributed by atoms with E-state index >= 15 is 0 Å². The minimum atomic E-state index is 0.0827. The fourth-order valence-electron chi connectivity index (χ4n) is 2.78. The molecule has 1 aliphatic rings. The molecule has 0 aromatic carbocycles. The van der Waals surface area contributed by atoms with Gasteiger partial charge in [0.25, 0.3) is 0 Å². The van der Waals surface area contributed by atoms with Gasteiger partial charge < -0.3 is 14.5 Å². The van der Waals surface area contributed by atoms with Gasteiger partial charge in [0.2, 0.25) is 5.91 Å². The topological polar surface area (TPSA) is 55.6 Å². The number of carbonyl (C=O) groups is 1. The zero-order valence-corrected chi connectivity index (χ0v) is 12.3. The summed E-state index contributed by atoms with van der Waals surface area (Å²) in [7, 11) is 0. The number of ether oxygens (including phenoxy) is 1. The Kier molecular flexibility index (Phi) is 4.20. The molecule has 2 aromatic rings. The number of aromatic nitrogens is 2. The number of nitrogens with zero attached hydrogens (tertiary/aromatic N) is 2. The fourth-order valence-corrected chi connectivity index (χ4v) is 2.78. The number of rotatable bonds is 4. The van der Waals surface area contributed by atoms with E-state index in [1.165, 1.54) is 0 Å². The van der Waals surface area contributed by atoms with Gasteiger partial charge in [-0.2, -0.15) is 0 Å². The molecule has 1 aliphatic heterocycles. The van der Waals surface area contributed by atoms with Gasteiger partial charge in [-0.25, -0.2) is 4.98 Å². The average molecular weight is 287 g/mol. The predicted molar refractivity (Wildman–Crippen MR) is 79.9 cm³/mol. The standard InChI is InChI=1S/C16H21N3O2/c1-12-4-2-6-15-18-14(10-19(12)15)9-17-16(20)8-13-5-3-7-21-11-13/h2,4,6,10,13H,3,5,7-9,11H2,1H3,(H,17,20). The van der Waals surface area contributed by atoms with E-state index in [4.69, 9.17) is 4.74 Å². The third kappa shape index (κ3) is 3.42. The summed E-state index contributed by atoms with van der Waals surface area (Å²) in [5, 5.41) is 2.96. The molecule has 112 valence electrons. The highest BCUT2D eigenvalue weighted by atomic mass is 16.5. The van der Waals surface area contributed by atoms with Gasteiger partial charge in [-0.1, -0.05) is 6.07 Å². The second-order valence-electron chi connectivity index (χ2n) is 5.69. The van der Waals surface area contributed by atoms with Crippen molar-refractivity contribution in [2.45, 2.75) is 32.7 Å². The minimum Gasteiger partial charge on any atom is -0.381 e. The Hall–Kier alpha value is -1.88. The SMILES string of the molecule is Cc1cccc2nc(CNC(=O)CC3CCCOC3)cn12. The first-order chi connectivity index (χ1) is 10.2. The quantitative estimate of drug-likeness (QED) is 0.936. The summed E-state index contributed by atoms with van der Waals surface area (Å²) in [5.74, 6) is 0.446. The van der Waals surface area contributed by atoms with E-state index in [1.54, 1.807) is 0 Å². The molecule has 5 heteroatoms. The van der Waals surface area contributed by atoms with Crippen molar-refractivity contribution in [3.8, 4) is 0 Å². The molecule has 1 saturated heterocycles. The van der Waals surface area contributed by atoms with Crippen molar-refractivity contribution in [2.75, 3.05) is 13.2 Å². The average Bonchev–Trinajstić information content (AvgIpc) is 2.91. The largest absolute Gasteiger partial charge is 0.381 e. The van der Waals surface area contributed by atoms with Crippen LogP contribution in [0.4, 0.5) is 0 Å². The van der Waals surface area contributed by atoms with Gasteiger partial charge in [-0.15, -0.1) is 0 Å². The maximum Gasteiger partial charge on any atom is 0.220 e. The van der Waals surface area contributed by atoms with Gasteiger partial charge in [0.05, 0.1) is 12.2 Å². The van der Waals surface area contributed by atoms with Crippen molar-refractivity contribution < 1.29 is 9.53 Å². The lowest BCUT2D eigenvalue weighted by Crippen LogP contribution is -2.28. The maximum atomic E-state index is 12.0. The molecule has 0 aliphatic carbocycles. The minimum absolute atomic E-state index is 0.0827. The highest BCUT2D eigenvalue weighted by Gasteiger charge is 2.17. The Morgan fingerprint density at radius 3 is 3.19 bits per heavy atom. The van der Waals surface area contributed by atoms with Gasteiger partial charge in [-0.3, -0.25) is 4.79 Å². The summed E-state index contributed by atoms with van der Waals surface area (Å²) >= 11 is 0. The van der Waals surface area contributed by atoms with Crippen molar-refractivity contribution in [1.29, 1.82) is 0 Å². The highest BCUT2D eigenvalue weighted by Crippen LogP contribution is 2.17. The van der Waals surface area contributed by atoms with E-state index < -0.39 is 0 Å². The molecule has 3 rings (SSSR count). The molecule has 21 heavy (non-hydrogen) atoms. The molecule has 0 spiro atoms. The normalized spacial score (nSPS) is 18.8. The van der Waals surface area contributed by atoms with E-state index in [2.05, 4.69) is 10.3 Å². The van der Waals surface area contributed by atoms with Crippen LogP contribution in [0.25, 0.3) is 5.65 Å². The Morgan fingerprint density at radius 1 is 1.52 bits per heavy atom. The number of imidazole rings is 1. The molecule has 1 atom stereocenters. The van der Waals surface area contributed by atoms with Crippen LogP contribution in [-0.2, 0) is 16.1 Å². The van der Waals surface area contributed by atoms with E-state index in [-0.39, 0.29) is 5.91 Å². The molecule has 0 saturated carbocycles. The van der Waals surface area contributed by atoms with Crippen LogP contribution in [-0.4, -0.2) is 28.5 Å². The number of pyridine rings is 1. The van der Waals surface area contributed by atoms with Crippen LogP contribution in [0.1, 0.15) is 30.7 Å². The molecular formula is C16H21N3O2. The Bertz CT molecular complexity index is 629. The molecule has 1 unspecified atom stereocenters. The smallest absolute Gasteiger partial charge is 0.220 e. The maximum absolute atomic E-state index is 12.0. The highest BCUT2D eigenvalue weighted by molar-refractivity contribution is 5.76. The first kappa shape index (κ1) is 14.1. The number of hydrogen-bond donors (Lipinski definition) is 1. The summed E-state index contributed by atoms with van der Waals surface area (Å²) in [6.07, 6.45) is 4.67. The lowest BCUT2D eigenvalue weighted by atomic mass is 9.98. The van der Waals surface area contributed by atoms with E-state index in [0.29, 0.717) is 25.5 Å². The van der Waals surface area contributed by atoms with Crippen molar-refractivity contribution in [3.63, 3.8) is 0 Å². The lowest BCUT2D eigenvalue weighted by molar-refractivity contribution is -0.123. The van der Waals surface area contributed by atoms with Crippen molar-refractivity contribution in [3.05, 3.63) is 35.8 Å².